The summed E-state index contributed by atoms with van der Waals surface area (Å²) in [4.78, 5) is 0. The lowest BCUT2D eigenvalue weighted by molar-refractivity contribution is 0.510. The summed E-state index contributed by atoms with van der Waals surface area (Å²) >= 11 is 0. The molecule has 2 heteroatoms. The van der Waals surface area contributed by atoms with Gasteiger partial charge in [0.1, 0.15) is 0 Å². The lowest BCUT2D eigenvalue weighted by atomic mass is 10.0. The molecule has 0 fully saturated rings. The first kappa shape index (κ1) is 7.59. The Morgan fingerprint density at radius 3 is 3.33 bits per heavy atom. The van der Waals surface area contributed by atoms with Crippen LogP contribution in [0.3, 0.4) is 0 Å². The number of fused-ring (bicyclic) bond motifs is 1. The molecule has 1 aromatic rings. The molecular weight excluding hydrogens is 148 g/mol. The van der Waals surface area contributed by atoms with Gasteiger partial charge in [0.25, 0.3) is 0 Å². The largest absolute Gasteiger partial charge is 0.270 e. The molecular formula is C10H14N2. The maximum Gasteiger partial charge on any atom is 0.0492 e. The topological polar surface area (TPSA) is 17.8 Å². The van der Waals surface area contributed by atoms with Crippen molar-refractivity contribution >= 4 is 0 Å². The Hall–Kier alpha value is -1.05. The van der Waals surface area contributed by atoms with Crippen LogP contribution in [0.4, 0.5) is 0 Å². The van der Waals surface area contributed by atoms with E-state index in [2.05, 4.69) is 28.5 Å². The van der Waals surface area contributed by atoms with Gasteiger partial charge in [0, 0.05) is 18.4 Å². The van der Waals surface area contributed by atoms with Crippen LogP contribution in [0.15, 0.2) is 24.9 Å². The second kappa shape index (κ2) is 3.13. The molecule has 0 amide bonds. The van der Waals surface area contributed by atoms with Crippen molar-refractivity contribution in [2.45, 2.75) is 25.8 Å². The van der Waals surface area contributed by atoms with Crippen LogP contribution >= 0.6 is 0 Å². The lowest BCUT2D eigenvalue weighted by Crippen LogP contribution is -2.02. The van der Waals surface area contributed by atoms with Gasteiger partial charge < -0.3 is 0 Å². The van der Waals surface area contributed by atoms with Crippen LogP contribution < -0.4 is 0 Å². The van der Waals surface area contributed by atoms with Crippen LogP contribution in [0.1, 0.15) is 18.5 Å². The molecule has 64 valence electrons. The third kappa shape index (κ3) is 1.29. The van der Waals surface area contributed by atoms with Gasteiger partial charge in [-0.25, -0.2) is 0 Å². The van der Waals surface area contributed by atoms with Crippen molar-refractivity contribution in [2.24, 2.45) is 5.92 Å². The minimum Gasteiger partial charge on any atom is -0.270 e. The van der Waals surface area contributed by atoms with Gasteiger partial charge >= 0.3 is 0 Å². The first-order valence-electron chi connectivity index (χ1n) is 4.53. The van der Waals surface area contributed by atoms with E-state index in [-0.39, 0.29) is 0 Å². The molecule has 2 rings (SSSR count). The van der Waals surface area contributed by atoms with Gasteiger partial charge in [0.2, 0.25) is 0 Å². The van der Waals surface area contributed by atoms with Crippen LogP contribution in [0.25, 0.3) is 0 Å². The minimum atomic E-state index is 0.687. The number of allylic oxidation sites excluding steroid dienone is 1. The number of hydrogen-bond donors (Lipinski definition) is 0. The van der Waals surface area contributed by atoms with E-state index in [9.17, 15) is 0 Å². The Morgan fingerprint density at radius 1 is 1.58 bits per heavy atom. The normalized spacial score (nSPS) is 22.8. The zero-order valence-corrected chi connectivity index (χ0v) is 7.24. The lowest BCUT2D eigenvalue weighted by Gasteiger charge is -2.05. The summed E-state index contributed by atoms with van der Waals surface area (Å²) in [6.07, 6.45) is 7.54. The Morgan fingerprint density at radius 2 is 2.50 bits per heavy atom. The molecule has 2 nitrogen and oxygen atoms in total. The summed E-state index contributed by atoms with van der Waals surface area (Å²) in [7, 11) is 0. The maximum absolute atomic E-state index is 4.27. The van der Waals surface area contributed by atoms with E-state index >= 15 is 0 Å². The fourth-order valence-electron chi connectivity index (χ4n) is 1.78. The zero-order chi connectivity index (χ0) is 8.39. The Balaban J connectivity index is 2.15. The highest BCUT2D eigenvalue weighted by atomic mass is 15.3. The molecule has 0 spiro atoms. The van der Waals surface area contributed by atoms with E-state index < -0.39 is 0 Å². The summed E-state index contributed by atoms with van der Waals surface area (Å²) in [5.41, 5.74) is 1.37. The van der Waals surface area contributed by atoms with Crippen molar-refractivity contribution in [1.29, 1.82) is 0 Å². The molecule has 1 atom stereocenters. The van der Waals surface area contributed by atoms with Gasteiger partial charge in [-0.2, -0.15) is 5.10 Å². The molecule has 12 heavy (non-hydrogen) atoms. The first-order chi connectivity index (χ1) is 5.90. The quantitative estimate of drug-likeness (QED) is 0.578. The molecule has 0 saturated carbocycles. The van der Waals surface area contributed by atoms with E-state index in [1.165, 1.54) is 18.5 Å². The average Bonchev–Trinajstić information content (AvgIpc) is 2.46. The van der Waals surface area contributed by atoms with Crippen molar-refractivity contribution < 1.29 is 0 Å². The van der Waals surface area contributed by atoms with Gasteiger partial charge in [0.05, 0.1) is 0 Å². The molecule has 0 N–H and O–H groups in total. The van der Waals surface area contributed by atoms with Gasteiger partial charge in [0.15, 0.2) is 0 Å². The number of rotatable bonds is 1. The molecule has 2 heterocycles. The van der Waals surface area contributed by atoms with Gasteiger partial charge in [-0.1, -0.05) is 6.08 Å². The predicted octanol–water partition coefficient (Wildman–Crippen LogP) is 2.02. The molecule has 0 saturated heterocycles. The monoisotopic (exact) mass is 162 g/mol. The summed E-state index contributed by atoms with van der Waals surface area (Å²) < 4.78 is 2.11. The van der Waals surface area contributed by atoms with E-state index in [1.54, 1.807) is 0 Å². The Labute approximate surface area is 72.9 Å². The molecule has 0 bridgehead atoms. The molecule has 0 radical (unpaired) electrons. The summed E-state index contributed by atoms with van der Waals surface area (Å²) in [6.45, 7) is 4.90. The fraction of sp³-hybridized carbons (Fsp3) is 0.500. The van der Waals surface area contributed by atoms with Crippen molar-refractivity contribution in [2.75, 3.05) is 0 Å². The van der Waals surface area contributed by atoms with E-state index in [0.29, 0.717) is 5.92 Å². The molecule has 0 aliphatic carbocycles. The Kier molecular flexibility index (Phi) is 1.98. The van der Waals surface area contributed by atoms with Crippen LogP contribution in [0.5, 0.6) is 0 Å². The third-order valence-electron chi connectivity index (χ3n) is 2.62. The van der Waals surface area contributed by atoms with Crippen molar-refractivity contribution in [3.63, 3.8) is 0 Å². The Bertz CT molecular complexity index is 253. The summed E-state index contributed by atoms with van der Waals surface area (Å²) in [6, 6.07) is 2.12. The maximum atomic E-state index is 4.27. The predicted molar refractivity (Wildman–Crippen MR) is 48.9 cm³/mol. The number of nitrogens with zero attached hydrogens (tertiary/aromatic N) is 2. The minimum absolute atomic E-state index is 0.687. The molecule has 1 unspecified atom stereocenters. The van der Waals surface area contributed by atoms with Crippen molar-refractivity contribution in [3.05, 3.63) is 30.6 Å². The first-order valence-corrected chi connectivity index (χ1v) is 4.53. The second-order valence-electron chi connectivity index (χ2n) is 3.37. The van der Waals surface area contributed by atoms with Crippen molar-refractivity contribution in [3.8, 4) is 0 Å². The van der Waals surface area contributed by atoms with Crippen LogP contribution in [0.2, 0.25) is 0 Å². The highest BCUT2D eigenvalue weighted by Crippen LogP contribution is 2.19. The molecule has 0 aromatic carbocycles. The summed E-state index contributed by atoms with van der Waals surface area (Å²) in [5.74, 6) is 0.687. The average molecular weight is 162 g/mol. The zero-order valence-electron chi connectivity index (χ0n) is 7.24. The van der Waals surface area contributed by atoms with Crippen molar-refractivity contribution in [1.82, 2.24) is 9.78 Å². The number of hydrogen-bond acceptors (Lipinski definition) is 1. The van der Waals surface area contributed by atoms with Crippen LogP contribution in [-0.2, 0) is 13.0 Å². The van der Waals surface area contributed by atoms with Crippen LogP contribution in [-0.4, -0.2) is 9.78 Å². The van der Waals surface area contributed by atoms with Crippen LogP contribution in [0, 0.1) is 5.92 Å². The van der Waals surface area contributed by atoms with Gasteiger partial charge in [-0.05, 0) is 31.2 Å². The second-order valence-corrected chi connectivity index (χ2v) is 3.37. The smallest absolute Gasteiger partial charge is 0.0492 e. The SMILES string of the molecule is C=CC1CCc2ccnn2CC1. The van der Waals surface area contributed by atoms with Gasteiger partial charge in [-0.15, -0.1) is 6.58 Å². The van der Waals surface area contributed by atoms with E-state index in [1.807, 2.05) is 6.20 Å². The highest BCUT2D eigenvalue weighted by Gasteiger charge is 2.12. The highest BCUT2D eigenvalue weighted by molar-refractivity contribution is 5.03. The number of aryl methyl sites for hydroxylation is 2. The molecule has 1 aliphatic heterocycles. The molecule has 1 aliphatic rings. The fourth-order valence-corrected chi connectivity index (χ4v) is 1.78. The standard InChI is InChI=1S/C10H14N2/c1-2-9-3-4-10-5-7-11-12(10)8-6-9/h2,5,7,9H,1,3-4,6,8H2. The molecule has 1 aromatic heterocycles. The van der Waals surface area contributed by atoms with E-state index in [4.69, 9.17) is 0 Å². The van der Waals surface area contributed by atoms with Gasteiger partial charge in [-0.3, -0.25) is 4.68 Å². The third-order valence-corrected chi connectivity index (χ3v) is 2.62. The number of aromatic nitrogens is 2. The summed E-state index contributed by atoms with van der Waals surface area (Å²) in [5, 5.41) is 4.27. The van der Waals surface area contributed by atoms with E-state index in [0.717, 1.165) is 13.0 Å².